The van der Waals surface area contributed by atoms with E-state index in [4.69, 9.17) is 52.9 Å². The Hall–Kier alpha value is -4.12. The standard InChI is InChI=1S/C34H41N3O13/c1-19-25(45-20(2)38)27(46-21(3)39)29(41-4)34(44-19)50-30-28(48-31(40)22-12-7-5-8-13-22)26-24(47-33(30)42-17-11-16-36-37-35)18-43-32(49-26)23-14-9-6-10-15-23/h5-10,12-15,19,24-30,32-34H,11,16-18H2,1-4H3/t19-,24+,25+,26-,27+,28-,29-,30+,32-,33+,34-/m0/s1. The Morgan fingerprint density at radius 1 is 0.840 bits per heavy atom. The average Bonchev–Trinajstić information content (AvgIpc) is 3.11. The first-order valence-corrected chi connectivity index (χ1v) is 16.2. The quantitative estimate of drug-likeness (QED) is 0.0733. The van der Waals surface area contributed by atoms with Gasteiger partial charge in [-0.25, -0.2) is 4.79 Å². The Balaban J connectivity index is 1.50. The molecule has 0 aliphatic carbocycles. The maximum Gasteiger partial charge on any atom is 0.338 e. The van der Waals surface area contributed by atoms with Crippen molar-refractivity contribution in [1.29, 1.82) is 0 Å². The molecule has 3 aliphatic rings. The first kappa shape index (κ1) is 37.1. The highest BCUT2D eigenvalue weighted by atomic mass is 16.8. The van der Waals surface area contributed by atoms with Gasteiger partial charge in [0.15, 0.2) is 43.3 Å². The molecule has 2 aromatic rings. The molecule has 0 amide bonds. The molecule has 16 nitrogen and oxygen atoms in total. The summed E-state index contributed by atoms with van der Waals surface area (Å²) in [6.45, 7) is 4.37. The molecular weight excluding hydrogens is 658 g/mol. The summed E-state index contributed by atoms with van der Waals surface area (Å²) in [6.07, 6.45) is -11.2. The van der Waals surface area contributed by atoms with Crippen molar-refractivity contribution in [1.82, 2.24) is 0 Å². The van der Waals surface area contributed by atoms with Crippen molar-refractivity contribution in [2.75, 3.05) is 26.9 Å². The zero-order chi connectivity index (χ0) is 35.6. The third kappa shape index (κ3) is 9.15. The van der Waals surface area contributed by atoms with Gasteiger partial charge in [-0.2, -0.15) is 0 Å². The van der Waals surface area contributed by atoms with Crippen LogP contribution in [0.3, 0.4) is 0 Å². The molecule has 0 spiro atoms. The largest absolute Gasteiger partial charge is 0.456 e. The van der Waals surface area contributed by atoms with Gasteiger partial charge in [0.25, 0.3) is 0 Å². The zero-order valence-corrected chi connectivity index (χ0v) is 28.1. The summed E-state index contributed by atoms with van der Waals surface area (Å²) in [6, 6.07) is 17.7. The van der Waals surface area contributed by atoms with Crippen LogP contribution in [0.15, 0.2) is 65.8 Å². The fraction of sp³-hybridized carbons (Fsp3) is 0.559. The van der Waals surface area contributed by atoms with Crippen LogP contribution in [0.25, 0.3) is 10.4 Å². The van der Waals surface area contributed by atoms with Gasteiger partial charge < -0.3 is 47.4 Å². The van der Waals surface area contributed by atoms with Gasteiger partial charge in [0.05, 0.1) is 18.3 Å². The third-order valence-corrected chi connectivity index (χ3v) is 8.25. The summed E-state index contributed by atoms with van der Waals surface area (Å²) in [4.78, 5) is 40.6. The van der Waals surface area contributed by atoms with Crippen molar-refractivity contribution in [3.63, 3.8) is 0 Å². The molecule has 270 valence electrons. The summed E-state index contributed by atoms with van der Waals surface area (Å²) in [5.41, 5.74) is 9.72. The predicted molar refractivity (Wildman–Crippen MR) is 170 cm³/mol. The molecule has 3 fully saturated rings. The van der Waals surface area contributed by atoms with E-state index in [-0.39, 0.29) is 25.3 Å². The molecule has 5 rings (SSSR count). The highest BCUT2D eigenvalue weighted by Gasteiger charge is 2.57. The van der Waals surface area contributed by atoms with E-state index >= 15 is 0 Å². The molecule has 3 aliphatic heterocycles. The fourth-order valence-electron chi connectivity index (χ4n) is 6.05. The second kappa shape index (κ2) is 17.7. The van der Waals surface area contributed by atoms with Crippen LogP contribution >= 0.6 is 0 Å². The average molecular weight is 700 g/mol. The minimum absolute atomic E-state index is 0.0607. The van der Waals surface area contributed by atoms with Gasteiger partial charge in [-0.05, 0) is 31.0 Å². The van der Waals surface area contributed by atoms with Gasteiger partial charge in [0.1, 0.15) is 18.3 Å². The Kier molecular flexibility index (Phi) is 13.1. The fourth-order valence-corrected chi connectivity index (χ4v) is 6.05. The smallest absolute Gasteiger partial charge is 0.338 e. The van der Waals surface area contributed by atoms with Crippen LogP contribution in [0.1, 0.15) is 49.4 Å². The van der Waals surface area contributed by atoms with E-state index in [0.717, 1.165) is 5.56 Å². The second-order valence-electron chi connectivity index (χ2n) is 11.8. The zero-order valence-electron chi connectivity index (χ0n) is 28.1. The molecule has 0 bridgehead atoms. The van der Waals surface area contributed by atoms with E-state index < -0.39 is 85.6 Å². The molecule has 11 atom stereocenters. The molecule has 3 heterocycles. The van der Waals surface area contributed by atoms with E-state index in [1.165, 1.54) is 21.0 Å². The lowest BCUT2D eigenvalue weighted by atomic mass is 9.96. The number of carbonyl (C=O) groups is 3. The SMILES string of the molecule is CO[C@@H]1[C@H](O[C@H]2[C@H](OCCCN=[N+]=[N-])O[C@@H]3CO[C@H](c4ccccc4)O[C@@H]3[C@@H]2OC(=O)c2ccccc2)O[C@@H](C)[C@@H](OC(C)=O)[C@H]1OC(C)=O. The molecule has 3 saturated heterocycles. The van der Waals surface area contributed by atoms with Crippen molar-refractivity contribution < 1.29 is 61.8 Å². The van der Waals surface area contributed by atoms with Crippen LogP contribution in [0.4, 0.5) is 0 Å². The number of methoxy groups -OCH3 is 1. The molecule has 16 heteroatoms. The van der Waals surface area contributed by atoms with E-state index in [9.17, 15) is 14.4 Å². The van der Waals surface area contributed by atoms with Gasteiger partial charge >= 0.3 is 17.9 Å². The molecule has 50 heavy (non-hydrogen) atoms. The molecule has 0 aromatic heterocycles. The van der Waals surface area contributed by atoms with Gasteiger partial charge in [0, 0.05) is 44.6 Å². The molecule has 2 aromatic carbocycles. The van der Waals surface area contributed by atoms with E-state index in [1.807, 2.05) is 30.3 Å². The summed E-state index contributed by atoms with van der Waals surface area (Å²) < 4.78 is 60.8. The number of carbonyl (C=O) groups excluding carboxylic acids is 3. The highest BCUT2D eigenvalue weighted by Crippen LogP contribution is 2.39. The van der Waals surface area contributed by atoms with E-state index in [2.05, 4.69) is 10.0 Å². The van der Waals surface area contributed by atoms with Crippen LogP contribution in [0, 0.1) is 0 Å². The number of fused-ring (bicyclic) bond motifs is 1. The van der Waals surface area contributed by atoms with Crippen LogP contribution in [0.5, 0.6) is 0 Å². The summed E-state index contributed by atoms with van der Waals surface area (Å²) >= 11 is 0. The van der Waals surface area contributed by atoms with Crippen molar-refractivity contribution in [2.24, 2.45) is 5.11 Å². The van der Waals surface area contributed by atoms with E-state index in [1.54, 1.807) is 37.3 Å². The number of nitrogens with zero attached hydrogens (tertiary/aromatic N) is 3. The number of azide groups is 1. The molecular formula is C34H41N3O13. The molecule has 0 radical (unpaired) electrons. The Labute approximate surface area is 288 Å². The number of hydrogen-bond acceptors (Lipinski definition) is 14. The van der Waals surface area contributed by atoms with Crippen LogP contribution < -0.4 is 0 Å². The first-order valence-electron chi connectivity index (χ1n) is 16.2. The maximum atomic E-state index is 13.7. The summed E-state index contributed by atoms with van der Waals surface area (Å²) in [7, 11) is 1.36. The van der Waals surface area contributed by atoms with Crippen molar-refractivity contribution in [3.8, 4) is 0 Å². The number of rotatable bonds is 13. The molecule has 0 unspecified atom stereocenters. The van der Waals surface area contributed by atoms with Gasteiger partial charge in [-0.1, -0.05) is 53.6 Å². The van der Waals surface area contributed by atoms with E-state index in [0.29, 0.717) is 6.42 Å². The van der Waals surface area contributed by atoms with Crippen LogP contribution in [-0.4, -0.2) is 106 Å². The Morgan fingerprint density at radius 2 is 1.52 bits per heavy atom. The number of benzene rings is 2. The van der Waals surface area contributed by atoms with Crippen molar-refractivity contribution in [3.05, 3.63) is 82.2 Å². The monoisotopic (exact) mass is 699 g/mol. The maximum absolute atomic E-state index is 13.7. The van der Waals surface area contributed by atoms with Crippen LogP contribution in [0.2, 0.25) is 0 Å². The summed E-state index contributed by atoms with van der Waals surface area (Å²) in [5, 5.41) is 3.55. The summed E-state index contributed by atoms with van der Waals surface area (Å²) in [5.74, 6) is -1.92. The lowest BCUT2D eigenvalue weighted by molar-refractivity contribution is -0.392. The van der Waals surface area contributed by atoms with Crippen LogP contribution in [-0.2, 0) is 57.0 Å². The lowest BCUT2D eigenvalue weighted by Crippen LogP contribution is -2.67. The molecule has 0 saturated carbocycles. The number of hydrogen-bond donors (Lipinski definition) is 0. The second-order valence-corrected chi connectivity index (χ2v) is 11.8. The third-order valence-electron chi connectivity index (χ3n) is 8.25. The lowest BCUT2D eigenvalue weighted by Gasteiger charge is -2.50. The minimum atomic E-state index is -1.28. The van der Waals surface area contributed by atoms with Gasteiger partial charge in [-0.15, -0.1) is 0 Å². The van der Waals surface area contributed by atoms with Crippen molar-refractivity contribution >= 4 is 17.9 Å². The minimum Gasteiger partial charge on any atom is -0.456 e. The highest BCUT2D eigenvalue weighted by molar-refractivity contribution is 5.89. The normalized spacial score (nSPS) is 32.1. The number of ether oxygens (including phenoxy) is 10. The Morgan fingerprint density at radius 3 is 2.18 bits per heavy atom. The topological polar surface area (TPSA) is 192 Å². The van der Waals surface area contributed by atoms with Crippen molar-refractivity contribution in [2.45, 2.75) is 94.9 Å². The Bertz CT molecular complexity index is 1480. The first-order chi connectivity index (χ1) is 24.2. The number of esters is 3. The van der Waals surface area contributed by atoms with Gasteiger partial charge in [0.2, 0.25) is 0 Å². The predicted octanol–water partition coefficient (Wildman–Crippen LogP) is 3.78. The van der Waals surface area contributed by atoms with Gasteiger partial charge in [-0.3, -0.25) is 9.59 Å². The molecule has 0 N–H and O–H groups in total.